The lowest BCUT2D eigenvalue weighted by Gasteiger charge is -2.13. The van der Waals surface area contributed by atoms with Crippen LogP contribution in [0.1, 0.15) is 23.1 Å². The Morgan fingerprint density at radius 3 is 2.71 bits per heavy atom. The van der Waals surface area contributed by atoms with Gasteiger partial charge in [-0.25, -0.2) is 14.6 Å². The first-order valence-electron chi connectivity index (χ1n) is 7.94. The fraction of sp³-hybridized carbons (Fsp3) is 0.312. The molecule has 3 N–H and O–H groups in total. The average molecular weight is 415 g/mol. The van der Waals surface area contributed by atoms with Gasteiger partial charge in [0.1, 0.15) is 6.10 Å². The van der Waals surface area contributed by atoms with Crippen LogP contribution in [0.15, 0.2) is 23.7 Å². The number of thiazole rings is 1. The number of nitrogens with zero attached hydrogens (tertiary/aromatic N) is 4. The maximum Gasteiger partial charge on any atom is 0.418 e. The van der Waals surface area contributed by atoms with Crippen molar-refractivity contribution in [2.45, 2.75) is 19.2 Å². The SMILES string of the molecule is Cc1cc(Oc2cc(C(F)(F)F)cnc2Nc2nc(C(O)CO)cs2)n(C)n1. The minimum Gasteiger partial charge on any atom is -0.435 e. The van der Waals surface area contributed by atoms with Gasteiger partial charge in [-0.1, -0.05) is 0 Å². The number of hydrogen-bond donors (Lipinski definition) is 3. The number of nitrogens with one attached hydrogen (secondary N) is 1. The second-order valence-electron chi connectivity index (χ2n) is 5.82. The first-order chi connectivity index (χ1) is 13.2. The third kappa shape index (κ3) is 4.40. The summed E-state index contributed by atoms with van der Waals surface area (Å²) in [7, 11) is 1.60. The molecule has 12 heteroatoms. The summed E-state index contributed by atoms with van der Waals surface area (Å²) in [5.74, 6) is 0.0701. The van der Waals surface area contributed by atoms with Crippen molar-refractivity contribution in [3.8, 4) is 11.6 Å². The zero-order chi connectivity index (χ0) is 20.5. The van der Waals surface area contributed by atoms with E-state index in [9.17, 15) is 18.3 Å². The second kappa shape index (κ2) is 7.73. The van der Waals surface area contributed by atoms with Crippen molar-refractivity contribution >= 4 is 22.3 Å². The average Bonchev–Trinajstić information content (AvgIpc) is 3.21. The lowest BCUT2D eigenvalue weighted by Crippen LogP contribution is -2.08. The summed E-state index contributed by atoms with van der Waals surface area (Å²) in [6.45, 7) is 1.22. The Balaban J connectivity index is 1.95. The van der Waals surface area contributed by atoms with Gasteiger partial charge < -0.3 is 20.3 Å². The molecule has 8 nitrogen and oxygen atoms in total. The molecular formula is C16H16F3N5O3S. The van der Waals surface area contributed by atoms with E-state index in [0.29, 0.717) is 11.9 Å². The van der Waals surface area contributed by atoms with E-state index in [1.165, 1.54) is 10.1 Å². The third-order valence-corrected chi connectivity index (χ3v) is 4.39. The van der Waals surface area contributed by atoms with Crippen molar-refractivity contribution < 1.29 is 28.1 Å². The molecule has 0 amide bonds. The highest BCUT2D eigenvalue weighted by molar-refractivity contribution is 7.13. The molecule has 3 aromatic rings. The van der Waals surface area contributed by atoms with Gasteiger partial charge >= 0.3 is 6.18 Å². The summed E-state index contributed by atoms with van der Waals surface area (Å²) in [6.07, 6.45) is -5.06. The second-order valence-corrected chi connectivity index (χ2v) is 6.68. The fourth-order valence-corrected chi connectivity index (χ4v) is 3.01. The Morgan fingerprint density at radius 1 is 1.36 bits per heavy atom. The summed E-state index contributed by atoms with van der Waals surface area (Å²) in [6, 6.07) is 2.40. The van der Waals surface area contributed by atoms with Crippen LogP contribution in [0.3, 0.4) is 0 Å². The van der Waals surface area contributed by atoms with Crippen LogP contribution in [0.2, 0.25) is 0 Å². The van der Waals surface area contributed by atoms with Gasteiger partial charge in [0, 0.05) is 24.7 Å². The zero-order valence-electron chi connectivity index (χ0n) is 14.7. The Morgan fingerprint density at radius 2 is 2.11 bits per heavy atom. The van der Waals surface area contributed by atoms with Crippen molar-refractivity contribution in [1.82, 2.24) is 19.7 Å². The van der Waals surface area contributed by atoms with Gasteiger partial charge in [-0.3, -0.25) is 0 Å². The minimum atomic E-state index is -4.59. The number of rotatable bonds is 6. The van der Waals surface area contributed by atoms with E-state index < -0.39 is 24.5 Å². The number of aryl methyl sites for hydroxylation is 2. The smallest absolute Gasteiger partial charge is 0.418 e. The number of aliphatic hydroxyl groups is 2. The predicted octanol–water partition coefficient (Wildman–Crippen LogP) is 3.16. The van der Waals surface area contributed by atoms with Gasteiger partial charge in [0.15, 0.2) is 16.7 Å². The molecule has 0 bridgehead atoms. The van der Waals surface area contributed by atoms with Crippen LogP contribution in [-0.2, 0) is 13.2 Å². The molecule has 3 aromatic heterocycles. The molecule has 3 rings (SSSR count). The van der Waals surface area contributed by atoms with Crippen LogP contribution in [0.5, 0.6) is 11.6 Å². The number of ether oxygens (including phenoxy) is 1. The summed E-state index contributed by atoms with van der Waals surface area (Å²) in [5, 5.41) is 27.2. The zero-order valence-corrected chi connectivity index (χ0v) is 15.5. The van der Waals surface area contributed by atoms with E-state index >= 15 is 0 Å². The van der Waals surface area contributed by atoms with Crippen LogP contribution in [-0.4, -0.2) is 36.6 Å². The molecule has 3 heterocycles. The topological polar surface area (TPSA) is 105 Å². The predicted molar refractivity (Wildman–Crippen MR) is 94.7 cm³/mol. The van der Waals surface area contributed by atoms with Crippen molar-refractivity contribution in [3.63, 3.8) is 0 Å². The van der Waals surface area contributed by atoms with Gasteiger partial charge in [-0.05, 0) is 13.0 Å². The molecule has 0 aromatic carbocycles. The Labute approximate surface area is 161 Å². The molecule has 0 saturated carbocycles. The highest BCUT2D eigenvalue weighted by Crippen LogP contribution is 2.37. The van der Waals surface area contributed by atoms with Crippen molar-refractivity contribution in [3.05, 3.63) is 40.7 Å². The van der Waals surface area contributed by atoms with Gasteiger partial charge in [0.25, 0.3) is 0 Å². The molecule has 0 radical (unpaired) electrons. The summed E-state index contributed by atoms with van der Waals surface area (Å²) in [4.78, 5) is 7.90. The Bertz CT molecular complexity index is 973. The molecule has 150 valence electrons. The molecule has 1 atom stereocenters. The normalized spacial score (nSPS) is 12.8. The highest BCUT2D eigenvalue weighted by Gasteiger charge is 2.32. The first kappa shape index (κ1) is 20.0. The highest BCUT2D eigenvalue weighted by atomic mass is 32.1. The van der Waals surface area contributed by atoms with E-state index in [-0.39, 0.29) is 28.3 Å². The maximum absolute atomic E-state index is 13.1. The number of alkyl halides is 3. The number of halogens is 3. The first-order valence-corrected chi connectivity index (χ1v) is 8.82. The van der Waals surface area contributed by atoms with Crippen LogP contribution in [0.25, 0.3) is 0 Å². The molecule has 28 heavy (non-hydrogen) atoms. The van der Waals surface area contributed by atoms with Gasteiger partial charge in [0.2, 0.25) is 5.88 Å². The molecule has 1 unspecified atom stereocenters. The standard InChI is InChI=1S/C16H16F3N5O3S/c1-8-3-13(24(2)23-8)27-12-4-9(16(17,18)19)5-20-14(12)22-15-21-10(7-28-15)11(26)6-25/h3-5,7,11,25-26H,6H2,1-2H3,(H,20,21,22). The molecule has 0 saturated heterocycles. The van der Waals surface area contributed by atoms with E-state index in [2.05, 4.69) is 20.4 Å². The van der Waals surface area contributed by atoms with Crippen LogP contribution >= 0.6 is 11.3 Å². The van der Waals surface area contributed by atoms with E-state index in [4.69, 9.17) is 9.84 Å². The number of pyridine rings is 1. The maximum atomic E-state index is 13.1. The van der Waals surface area contributed by atoms with E-state index in [1.54, 1.807) is 20.0 Å². The number of aliphatic hydroxyl groups excluding tert-OH is 2. The van der Waals surface area contributed by atoms with E-state index in [1.807, 2.05) is 0 Å². The number of anilines is 2. The Kier molecular flexibility index (Phi) is 5.54. The fourth-order valence-electron chi connectivity index (χ4n) is 2.26. The quantitative estimate of drug-likeness (QED) is 0.568. The summed E-state index contributed by atoms with van der Waals surface area (Å²) >= 11 is 1.09. The molecule has 0 aliphatic heterocycles. The van der Waals surface area contributed by atoms with Crippen molar-refractivity contribution in [2.24, 2.45) is 7.05 Å². The van der Waals surface area contributed by atoms with Gasteiger partial charge in [-0.15, -0.1) is 11.3 Å². The summed E-state index contributed by atoms with van der Waals surface area (Å²) in [5.41, 5.74) is -0.108. The number of aromatic nitrogens is 4. The Hall–Kier alpha value is -2.70. The number of hydrogen-bond acceptors (Lipinski definition) is 8. The van der Waals surface area contributed by atoms with Gasteiger partial charge in [0.05, 0.1) is 23.6 Å². The third-order valence-electron chi connectivity index (χ3n) is 3.62. The molecule has 0 aliphatic rings. The lowest BCUT2D eigenvalue weighted by molar-refractivity contribution is -0.137. The van der Waals surface area contributed by atoms with Crippen molar-refractivity contribution in [1.29, 1.82) is 0 Å². The van der Waals surface area contributed by atoms with E-state index in [0.717, 1.165) is 17.4 Å². The molecular weight excluding hydrogens is 399 g/mol. The van der Waals surface area contributed by atoms with Crippen molar-refractivity contribution in [2.75, 3.05) is 11.9 Å². The molecule has 0 spiro atoms. The minimum absolute atomic E-state index is 0.00578. The van der Waals surface area contributed by atoms with Crippen LogP contribution < -0.4 is 10.1 Å². The van der Waals surface area contributed by atoms with Crippen LogP contribution in [0, 0.1) is 6.92 Å². The van der Waals surface area contributed by atoms with Gasteiger partial charge in [-0.2, -0.15) is 18.3 Å². The van der Waals surface area contributed by atoms with Crippen LogP contribution in [0.4, 0.5) is 24.1 Å². The lowest BCUT2D eigenvalue weighted by atomic mass is 10.2. The monoisotopic (exact) mass is 415 g/mol. The summed E-state index contributed by atoms with van der Waals surface area (Å²) < 4.78 is 46.2. The molecule has 0 fully saturated rings. The molecule has 0 aliphatic carbocycles. The largest absolute Gasteiger partial charge is 0.435 e.